The van der Waals surface area contributed by atoms with Crippen molar-refractivity contribution in [3.63, 3.8) is 0 Å². The number of carbonyl (C=O) groups excluding carboxylic acids is 1. The second kappa shape index (κ2) is 3.77. The summed E-state index contributed by atoms with van der Waals surface area (Å²) in [6, 6.07) is 4.58. The van der Waals surface area contributed by atoms with Gasteiger partial charge in [0.25, 0.3) is 5.91 Å². The molecule has 2 N–H and O–H groups in total. The Bertz CT molecular complexity index is 458. The maximum Gasteiger partial charge on any atom is 0.268 e. The van der Waals surface area contributed by atoms with Crippen LogP contribution >= 0.6 is 0 Å². The van der Waals surface area contributed by atoms with Crippen molar-refractivity contribution in [3.05, 3.63) is 34.2 Å². The predicted molar refractivity (Wildman–Crippen MR) is 61.3 cm³/mol. The average molecular weight is 220 g/mol. The summed E-state index contributed by atoms with van der Waals surface area (Å²) in [6.45, 7) is 4.03. The van der Waals surface area contributed by atoms with E-state index in [4.69, 9.17) is 0 Å². The molecule has 0 atom stereocenters. The fourth-order valence-electron chi connectivity index (χ4n) is 1.85. The number of carbonyl (C=O) groups is 1. The largest absolute Gasteiger partial charge is 0.346 e. The van der Waals surface area contributed by atoms with Crippen LogP contribution in [0.4, 0.5) is 0 Å². The van der Waals surface area contributed by atoms with Crippen molar-refractivity contribution >= 4 is 5.91 Å². The molecule has 1 aliphatic rings. The minimum absolute atomic E-state index is 0.191. The fourth-order valence-corrected chi connectivity index (χ4v) is 1.85. The van der Waals surface area contributed by atoms with E-state index in [0.29, 0.717) is 11.6 Å². The smallest absolute Gasteiger partial charge is 0.268 e. The number of amides is 1. The van der Waals surface area contributed by atoms with Crippen LogP contribution in [0.15, 0.2) is 23.0 Å². The molecule has 0 aromatic carbocycles. The van der Waals surface area contributed by atoms with Gasteiger partial charge in [-0.15, -0.1) is 0 Å². The molecule has 1 aliphatic carbocycles. The van der Waals surface area contributed by atoms with Gasteiger partial charge in [-0.3, -0.25) is 9.59 Å². The maximum absolute atomic E-state index is 11.9. The Morgan fingerprint density at radius 3 is 2.69 bits per heavy atom. The second-order valence-electron chi connectivity index (χ2n) is 4.88. The quantitative estimate of drug-likeness (QED) is 0.806. The van der Waals surface area contributed by atoms with Gasteiger partial charge in [0.15, 0.2) is 0 Å². The third-order valence-corrected chi connectivity index (χ3v) is 3.05. The van der Waals surface area contributed by atoms with Crippen LogP contribution in [-0.4, -0.2) is 16.4 Å². The van der Waals surface area contributed by atoms with Gasteiger partial charge in [0.1, 0.15) is 5.69 Å². The summed E-state index contributed by atoms with van der Waals surface area (Å²) in [5.74, 6) is 0.349. The molecule has 2 rings (SSSR count). The van der Waals surface area contributed by atoms with Crippen LogP contribution in [0.25, 0.3) is 0 Å². The molecule has 1 fully saturated rings. The predicted octanol–water partition coefficient (Wildman–Crippen LogP) is 1.29. The van der Waals surface area contributed by atoms with Crippen LogP contribution in [0.1, 0.15) is 37.2 Å². The second-order valence-corrected chi connectivity index (χ2v) is 4.88. The van der Waals surface area contributed by atoms with Gasteiger partial charge >= 0.3 is 0 Å². The van der Waals surface area contributed by atoms with Gasteiger partial charge in [-0.2, -0.15) is 0 Å². The molecule has 0 spiro atoms. The Morgan fingerprint density at radius 2 is 2.12 bits per heavy atom. The van der Waals surface area contributed by atoms with Crippen LogP contribution in [0.3, 0.4) is 0 Å². The van der Waals surface area contributed by atoms with E-state index < -0.39 is 0 Å². The first-order chi connectivity index (χ1) is 7.49. The number of H-pyrrole nitrogens is 1. The molecule has 1 aromatic rings. The minimum Gasteiger partial charge on any atom is -0.346 e. The van der Waals surface area contributed by atoms with Gasteiger partial charge in [-0.05, 0) is 38.7 Å². The van der Waals surface area contributed by atoms with Gasteiger partial charge < -0.3 is 10.3 Å². The van der Waals surface area contributed by atoms with E-state index in [9.17, 15) is 9.59 Å². The molecule has 0 unspecified atom stereocenters. The lowest BCUT2D eigenvalue weighted by Crippen LogP contribution is -2.45. The van der Waals surface area contributed by atoms with E-state index >= 15 is 0 Å². The number of nitrogens with one attached hydrogen (secondary N) is 2. The van der Waals surface area contributed by atoms with Crippen molar-refractivity contribution in [2.75, 3.05) is 0 Å². The zero-order chi connectivity index (χ0) is 11.8. The summed E-state index contributed by atoms with van der Waals surface area (Å²) in [7, 11) is 0. The minimum atomic E-state index is -0.253. The summed E-state index contributed by atoms with van der Waals surface area (Å²) in [5.41, 5.74) is -0.123. The SMILES string of the molecule is CC(C)(NC(=O)c1cccc(=O)[nH]1)C1CC1. The standard InChI is InChI=1S/C12H16N2O2/c1-12(2,8-6-7-8)14-11(16)9-4-3-5-10(15)13-9/h3-5,8H,6-7H2,1-2H3,(H,13,15)(H,14,16). The molecule has 4 heteroatoms. The van der Waals surface area contributed by atoms with Crippen molar-refractivity contribution in [1.29, 1.82) is 0 Å². The fraction of sp³-hybridized carbons (Fsp3) is 0.500. The summed E-state index contributed by atoms with van der Waals surface area (Å²) in [6.07, 6.45) is 2.33. The molecular formula is C12H16N2O2. The third-order valence-electron chi connectivity index (χ3n) is 3.05. The van der Waals surface area contributed by atoms with Crippen LogP contribution in [-0.2, 0) is 0 Å². The summed E-state index contributed by atoms with van der Waals surface area (Å²) < 4.78 is 0. The van der Waals surface area contributed by atoms with Crippen molar-refractivity contribution in [2.45, 2.75) is 32.2 Å². The van der Waals surface area contributed by atoms with E-state index in [-0.39, 0.29) is 17.0 Å². The topological polar surface area (TPSA) is 62.0 Å². The molecule has 1 amide bonds. The lowest BCUT2D eigenvalue weighted by molar-refractivity contribution is 0.0898. The van der Waals surface area contributed by atoms with Gasteiger partial charge in [0.05, 0.1) is 0 Å². The molecule has 1 saturated carbocycles. The van der Waals surface area contributed by atoms with Crippen molar-refractivity contribution < 1.29 is 4.79 Å². The first kappa shape index (κ1) is 10.9. The number of hydrogen-bond acceptors (Lipinski definition) is 2. The monoisotopic (exact) mass is 220 g/mol. The molecule has 1 heterocycles. The number of rotatable bonds is 3. The maximum atomic E-state index is 11.9. The van der Waals surface area contributed by atoms with Crippen LogP contribution in [0.5, 0.6) is 0 Å². The van der Waals surface area contributed by atoms with E-state index in [1.165, 1.54) is 18.9 Å². The van der Waals surface area contributed by atoms with Crippen molar-refractivity contribution in [3.8, 4) is 0 Å². The third kappa shape index (κ3) is 2.32. The molecule has 0 bridgehead atoms. The molecule has 4 nitrogen and oxygen atoms in total. The number of pyridine rings is 1. The van der Waals surface area contributed by atoms with Gasteiger partial charge in [0.2, 0.25) is 5.56 Å². The highest BCUT2D eigenvalue weighted by molar-refractivity contribution is 5.92. The van der Waals surface area contributed by atoms with Gasteiger partial charge in [0, 0.05) is 11.6 Å². The zero-order valence-corrected chi connectivity index (χ0v) is 9.54. The first-order valence-electron chi connectivity index (χ1n) is 5.51. The van der Waals surface area contributed by atoms with Crippen LogP contribution < -0.4 is 10.9 Å². The summed E-state index contributed by atoms with van der Waals surface area (Å²) >= 11 is 0. The lowest BCUT2D eigenvalue weighted by atomic mass is 9.98. The Labute approximate surface area is 94.1 Å². The molecule has 0 aliphatic heterocycles. The highest BCUT2D eigenvalue weighted by Gasteiger charge is 2.38. The van der Waals surface area contributed by atoms with E-state index in [0.717, 1.165) is 0 Å². The molecular weight excluding hydrogens is 204 g/mol. The zero-order valence-electron chi connectivity index (χ0n) is 9.54. The highest BCUT2D eigenvalue weighted by atomic mass is 16.2. The van der Waals surface area contributed by atoms with Crippen LogP contribution in [0, 0.1) is 5.92 Å². The first-order valence-corrected chi connectivity index (χ1v) is 5.51. The summed E-state index contributed by atoms with van der Waals surface area (Å²) in [5, 5.41) is 2.95. The Morgan fingerprint density at radius 1 is 1.44 bits per heavy atom. The van der Waals surface area contributed by atoms with Crippen LogP contribution in [0.2, 0.25) is 0 Å². The van der Waals surface area contributed by atoms with Gasteiger partial charge in [-0.1, -0.05) is 6.07 Å². The highest BCUT2D eigenvalue weighted by Crippen LogP contribution is 2.39. The summed E-state index contributed by atoms with van der Waals surface area (Å²) in [4.78, 5) is 25.5. The molecule has 16 heavy (non-hydrogen) atoms. The Balaban J connectivity index is 2.11. The van der Waals surface area contributed by atoms with Crippen molar-refractivity contribution in [1.82, 2.24) is 10.3 Å². The number of aromatic amines is 1. The number of hydrogen-bond donors (Lipinski definition) is 2. The van der Waals surface area contributed by atoms with E-state index in [1.54, 1.807) is 12.1 Å². The van der Waals surface area contributed by atoms with E-state index in [1.807, 2.05) is 13.8 Å². The Hall–Kier alpha value is -1.58. The van der Waals surface area contributed by atoms with E-state index in [2.05, 4.69) is 10.3 Å². The van der Waals surface area contributed by atoms with Gasteiger partial charge in [-0.25, -0.2) is 0 Å². The Kier molecular flexibility index (Phi) is 2.58. The molecule has 86 valence electrons. The lowest BCUT2D eigenvalue weighted by Gasteiger charge is -2.25. The normalized spacial score (nSPS) is 15.9. The molecule has 0 saturated heterocycles. The number of aromatic nitrogens is 1. The van der Waals surface area contributed by atoms with Crippen molar-refractivity contribution in [2.24, 2.45) is 5.92 Å². The molecule has 1 aromatic heterocycles. The average Bonchev–Trinajstić information content (AvgIpc) is 3.00. The molecule has 0 radical (unpaired) electrons.